The summed E-state index contributed by atoms with van der Waals surface area (Å²) in [5.41, 5.74) is 6.17. The van der Waals surface area contributed by atoms with Crippen molar-refractivity contribution < 1.29 is 13.2 Å². The zero-order valence-electron chi connectivity index (χ0n) is 11.5. The molecule has 1 aromatic carbocycles. The Morgan fingerprint density at radius 3 is 2.52 bits per heavy atom. The second-order valence-corrected chi connectivity index (χ2v) is 5.53. The van der Waals surface area contributed by atoms with Crippen LogP contribution in [0.2, 0.25) is 5.02 Å². The maximum absolute atomic E-state index is 12.9. The minimum atomic E-state index is -4.51. The molecule has 1 aromatic heterocycles. The highest BCUT2D eigenvalue weighted by molar-refractivity contribution is 6.31. The van der Waals surface area contributed by atoms with Crippen LogP contribution in [0, 0.1) is 5.92 Å². The molecule has 2 N–H and O–H groups in total. The lowest BCUT2D eigenvalue weighted by molar-refractivity contribution is -0.137. The Labute approximate surface area is 125 Å². The first-order chi connectivity index (χ1) is 9.71. The van der Waals surface area contributed by atoms with Crippen molar-refractivity contribution in [3.63, 3.8) is 0 Å². The molecule has 0 spiro atoms. The van der Waals surface area contributed by atoms with Crippen molar-refractivity contribution in [3.05, 3.63) is 47.0 Å². The Balaban J connectivity index is 2.52. The second kappa shape index (κ2) is 5.69. The van der Waals surface area contributed by atoms with Gasteiger partial charge in [-0.05, 0) is 24.1 Å². The van der Waals surface area contributed by atoms with Gasteiger partial charge in [-0.3, -0.25) is 0 Å². The van der Waals surface area contributed by atoms with Crippen LogP contribution in [0.5, 0.6) is 0 Å². The molecule has 2 aromatic rings. The van der Waals surface area contributed by atoms with E-state index in [1.54, 1.807) is 10.8 Å². The number of imidazole rings is 1. The molecule has 0 bridgehead atoms. The Morgan fingerprint density at radius 1 is 1.29 bits per heavy atom. The van der Waals surface area contributed by atoms with Crippen molar-refractivity contribution in [2.75, 3.05) is 0 Å². The zero-order chi connectivity index (χ0) is 15.8. The first kappa shape index (κ1) is 15.9. The van der Waals surface area contributed by atoms with Gasteiger partial charge >= 0.3 is 6.18 Å². The fraction of sp³-hybridized carbons (Fsp3) is 0.357. The van der Waals surface area contributed by atoms with Gasteiger partial charge in [0, 0.05) is 11.7 Å². The van der Waals surface area contributed by atoms with Crippen molar-refractivity contribution in [1.82, 2.24) is 9.55 Å². The molecule has 0 saturated heterocycles. The number of nitrogens with two attached hydrogens (primary N) is 1. The molecule has 1 heterocycles. The van der Waals surface area contributed by atoms with E-state index in [4.69, 9.17) is 17.3 Å². The van der Waals surface area contributed by atoms with Gasteiger partial charge < -0.3 is 10.3 Å². The number of aromatic nitrogens is 2. The Morgan fingerprint density at radius 2 is 1.95 bits per heavy atom. The van der Waals surface area contributed by atoms with Gasteiger partial charge in [-0.2, -0.15) is 13.2 Å². The van der Waals surface area contributed by atoms with Gasteiger partial charge in [0.1, 0.15) is 0 Å². The van der Waals surface area contributed by atoms with Crippen molar-refractivity contribution in [2.45, 2.75) is 26.1 Å². The number of benzene rings is 1. The smallest absolute Gasteiger partial charge is 0.322 e. The van der Waals surface area contributed by atoms with Crippen molar-refractivity contribution >= 4 is 11.6 Å². The normalized spacial score (nSPS) is 13.7. The van der Waals surface area contributed by atoms with Crippen LogP contribution in [0.3, 0.4) is 0 Å². The van der Waals surface area contributed by atoms with Crippen LogP contribution < -0.4 is 5.73 Å². The summed E-state index contributed by atoms with van der Waals surface area (Å²) in [5, 5.41) is -0.332. The molecule has 3 nitrogen and oxygen atoms in total. The summed E-state index contributed by atoms with van der Waals surface area (Å²) in [4.78, 5) is 3.98. The second-order valence-electron chi connectivity index (χ2n) is 5.12. The highest BCUT2D eigenvalue weighted by Crippen LogP contribution is 2.36. The molecule has 0 aliphatic rings. The van der Waals surface area contributed by atoms with Crippen LogP contribution in [0.25, 0.3) is 5.69 Å². The molecule has 0 fully saturated rings. The monoisotopic (exact) mass is 317 g/mol. The number of halogens is 4. The van der Waals surface area contributed by atoms with E-state index < -0.39 is 11.7 Å². The van der Waals surface area contributed by atoms with E-state index in [9.17, 15) is 13.2 Å². The molecule has 0 aliphatic heterocycles. The summed E-state index contributed by atoms with van der Waals surface area (Å²) in [6.07, 6.45) is -1.50. The van der Waals surface area contributed by atoms with Gasteiger partial charge in [-0.15, -0.1) is 0 Å². The van der Waals surface area contributed by atoms with E-state index in [0.29, 0.717) is 11.4 Å². The van der Waals surface area contributed by atoms with E-state index in [-0.39, 0.29) is 17.0 Å². The minimum absolute atomic E-state index is 0.134. The van der Waals surface area contributed by atoms with Crippen LogP contribution in [-0.4, -0.2) is 9.55 Å². The van der Waals surface area contributed by atoms with Gasteiger partial charge in [0.2, 0.25) is 0 Å². The Kier molecular flexibility index (Phi) is 4.30. The summed E-state index contributed by atoms with van der Waals surface area (Å²) >= 11 is 5.63. The molecule has 1 atom stereocenters. The molecule has 114 valence electrons. The highest BCUT2D eigenvalue weighted by atomic mass is 35.5. The standard InChI is InChI=1S/C14H15ClF3N3/c1-8(2)13(19)12-6-20-7-21(12)9-3-4-11(15)10(5-9)14(16,17)18/h3-8,13H,19H2,1-2H3. The van der Waals surface area contributed by atoms with E-state index in [2.05, 4.69) is 4.98 Å². The summed E-state index contributed by atoms with van der Waals surface area (Å²) in [6.45, 7) is 3.87. The average Bonchev–Trinajstić information content (AvgIpc) is 2.86. The van der Waals surface area contributed by atoms with Gasteiger partial charge in [0.15, 0.2) is 0 Å². The summed E-state index contributed by atoms with van der Waals surface area (Å²) < 4.78 is 40.3. The first-order valence-corrected chi connectivity index (χ1v) is 6.74. The highest BCUT2D eigenvalue weighted by Gasteiger charge is 2.33. The molecule has 2 rings (SSSR count). The minimum Gasteiger partial charge on any atom is -0.322 e. The lowest BCUT2D eigenvalue weighted by Crippen LogP contribution is -2.20. The molecule has 0 aliphatic carbocycles. The first-order valence-electron chi connectivity index (χ1n) is 6.36. The molecule has 1 unspecified atom stereocenters. The molecule has 7 heteroatoms. The molecule has 0 amide bonds. The number of rotatable bonds is 3. The number of hydrogen-bond donors (Lipinski definition) is 1. The lowest BCUT2D eigenvalue weighted by atomic mass is 10.0. The van der Waals surface area contributed by atoms with Crippen LogP contribution in [0.15, 0.2) is 30.7 Å². The Hall–Kier alpha value is -1.53. The van der Waals surface area contributed by atoms with E-state index >= 15 is 0 Å². The number of alkyl halides is 3. The van der Waals surface area contributed by atoms with Crippen molar-refractivity contribution in [1.29, 1.82) is 0 Å². The van der Waals surface area contributed by atoms with Gasteiger partial charge in [-0.1, -0.05) is 25.4 Å². The molecule has 21 heavy (non-hydrogen) atoms. The predicted molar refractivity (Wildman–Crippen MR) is 75.3 cm³/mol. The van der Waals surface area contributed by atoms with E-state index in [1.807, 2.05) is 13.8 Å². The Bertz CT molecular complexity index is 635. The average molecular weight is 318 g/mol. The third-order valence-corrected chi connectivity index (χ3v) is 3.59. The summed E-state index contributed by atoms with van der Waals surface area (Å²) in [7, 11) is 0. The maximum Gasteiger partial charge on any atom is 0.417 e. The van der Waals surface area contributed by atoms with Crippen molar-refractivity contribution in [3.8, 4) is 5.69 Å². The van der Waals surface area contributed by atoms with E-state index in [1.165, 1.54) is 18.5 Å². The quantitative estimate of drug-likeness (QED) is 0.922. The van der Waals surface area contributed by atoms with Gasteiger partial charge in [0.05, 0.1) is 28.8 Å². The van der Waals surface area contributed by atoms with Gasteiger partial charge in [-0.25, -0.2) is 4.98 Å². The molecular formula is C14H15ClF3N3. The molecule has 0 saturated carbocycles. The topological polar surface area (TPSA) is 43.8 Å². The van der Waals surface area contributed by atoms with Crippen molar-refractivity contribution in [2.24, 2.45) is 11.7 Å². The van der Waals surface area contributed by atoms with E-state index in [0.717, 1.165) is 6.07 Å². The SMILES string of the molecule is CC(C)C(N)c1cncn1-c1ccc(Cl)c(C(F)(F)F)c1. The fourth-order valence-corrected chi connectivity index (χ4v) is 2.21. The van der Waals surface area contributed by atoms with Crippen LogP contribution >= 0.6 is 11.6 Å². The zero-order valence-corrected chi connectivity index (χ0v) is 12.3. The molecule has 0 radical (unpaired) electrons. The summed E-state index contributed by atoms with van der Waals surface area (Å²) in [5.74, 6) is 0.134. The third kappa shape index (κ3) is 3.22. The predicted octanol–water partition coefficient (Wildman–Crippen LogP) is 4.20. The largest absolute Gasteiger partial charge is 0.417 e. The molecular weight excluding hydrogens is 303 g/mol. The van der Waals surface area contributed by atoms with Crippen LogP contribution in [0.4, 0.5) is 13.2 Å². The van der Waals surface area contributed by atoms with Gasteiger partial charge in [0.25, 0.3) is 0 Å². The fourth-order valence-electron chi connectivity index (χ4n) is 1.99. The maximum atomic E-state index is 12.9. The van der Waals surface area contributed by atoms with Crippen LogP contribution in [0.1, 0.15) is 31.1 Å². The number of nitrogens with zero attached hydrogens (tertiary/aromatic N) is 2. The number of hydrogen-bond acceptors (Lipinski definition) is 2. The summed E-state index contributed by atoms with van der Waals surface area (Å²) in [6, 6.07) is 3.42. The lowest BCUT2D eigenvalue weighted by Gasteiger charge is -2.19. The van der Waals surface area contributed by atoms with Crippen LogP contribution in [-0.2, 0) is 6.18 Å². The third-order valence-electron chi connectivity index (χ3n) is 3.26.